The Labute approximate surface area is 126 Å². The normalized spacial score (nSPS) is 34.7. The number of aliphatic hydroxyl groups excluding tert-OH is 4. The standard InChI is InChI=1S/C12H22N2O8/c1-4(16)7(12(20)21)14-11-8(13-5(2)17)10(19)9(18)6(3-15)22-11/h4,6-11,14-16,18-19H,3H2,1-2H3,(H,13,17)(H,20,21)/t4-,6+,7+,8+,9+,10+,11?/m1/s1. The second-order valence-corrected chi connectivity index (χ2v) is 5.21. The lowest BCUT2D eigenvalue weighted by molar-refractivity contribution is -0.206. The number of nitrogens with one attached hydrogen (secondary N) is 2. The Bertz CT molecular complexity index is 405. The summed E-state index contributed by atoms with van der Waals surface area (Å²) in [6, 6.07) is -2.58. The highest BCUT2D eigenvalue weighted by atomic mass is 16.5. The summed E-state index contributed by atoms with van der Waals surface area (Å²) in [5, 5.41) is 52.3. The molecular formula is C12H22N2O8. The summed E-state index contributed by atoms with van der Waals surface area (Å²) in [5.74, 6) is -1.89. The van der Waals surface area contributed by atoms with E-state index in [-0.39, 0.29) is 0 Å². The summed E-state index contributed by atoms with van der Waals surface area (Å²) in [7, 11) is 0. The van der Waals surface area contributed by atoms with Gasteiger partial charge in [-0.05, 0) is 6.92 Å². The van der Waals surface area contributed by atoms with Crippen LogP contribution in [0.3, 0.4) is 0 Å². The number of ether oxygens (including phenoxy) is 1. The molecule has 1 fully saturated rings. The molecule has 0 aromatic heterocycles. The molecule has 0 saturated carbocycles. The van der Waals surface area contributed by atoms with Crippen molar-refractivity contribution in [3.63, 3.8) is 0 Å². The van der Waals surface area contributed by atoms with E-state index >= 15 is 0 Å². The zero-order chi connectivity index (χ0) is 17.0. The van der Waals surface area contributed by atoms with Crippen LogP contribution in [0.2, 0.25) is 0 Å². The molecule has 0 aliphatic carbocycles. The van der Waals surface area contributed by atoms with Gasteiger partial charge in [-0.25, -0.2) is 0 Å². The molecule has 1 aliphatic heterocycles. The van der Waals surface area contributed by atoms with E-state index < -0.39 is 61.2 Å². The molecule has 1 unspecified atom stereocenters. The maximum absolute atomic E-state index is 11.2. The van der Waals surface area contributed by atoms with E-state index in [0.717, 1.165) is 0 Å². The number of carboxylic acids is 1. The minimum absolute atomic E-state index is 0.530. The van der Waals surface area contributed by atoms with Crippen molar-refractivity contribution in [3.8, 4) is 0 Å². The number of carboxylic acid groups (broad SMARTS) is 1. The van der Waals surface area contributed by atoms with E-state index in [4.69, 9.17) is 14.9 Å². The van der Waals surface area contributed by atoms with Gasteiger partial charge in [-0.3, -0.25) is 14.9 Å². The molecule has 1 amide bonds. The Kier molecular flexibility index (Phi) is 6.66. The fourth-order valence-corrected chi connectivity index (χ4v) is 2.25. The van der Waals surface area contributed by atoms with Crippen molar-refractivity contribution in [2.75, 3.05) is 6.61 Å². The molecule has 1 rings (SSSR count). The molecule has 10 nitrogen and oxygen atoms in total. The second kappa shape index (κ2) is 7.81. The van der Waals surface area contributed by atoms with Crippen molar-refractivity contribution in [2.45, 2.75) is 56.6 Å². The molecule has 1 saturated heterocycles. The van der Waals surface area contributed by atoms with Gasteiger partial charge in [0.15, 0.2) is 0 Å². The Morgan fingerprint density at radius 1 is 1.27 bits per heavy atom. The fraction of sp³-hybridized carbons (Fsp3) is 0.833. The van der Waals surface area contributed by atoms with Gasteiger partial charge in [0.25, 0.3) is 0 Å². The lowest BCUT2D eigenvalue weighted by Crippen LogP contribution is -2.69. The summed E-state index contributed by atoms with van der Waals surface area (Å²) < 4.78 is 5.30. The van der Waals surface area contributed by atoms with Crippen LogP contribution in [0.5, 0.6) is 0 Å². The number of carbonyl (C=O) groups is 2. The van der Waals surface area contributed by atoms with E-state index in [2.05, 4.69) is 10.6 Å². The smallest absolute Gasteiger partial charge is 0.323 e. The molecule has 0 spiro atoms. The van der Waals surface area contributed by atoms with Crippen LogP contribution in [0.25, 0.3) is 0 Å². The van der Waals surface area contributed by atoms with Gasteiger partial charge in [0.1, 0.15) is 30.6 Å². The third-order valence-electron chi connectivity index (χ3n) is 3.39. The quantitative estimate of drug-likeness (QED) is 0.261. The highest BCUT2D eigenvalue weighted by molar-refractivity contribution is 5.74. The first-order valence-corrected chi connectivity index (χ1v) is 6.75. The maximum atomic E-state index is 11.2. The zero-order valence-corrected chi connectivity index (χ0v) is 12.2. The zero-order valence-electron chi connectivity index (χ0n) is 12.2. The van der Waals surface area contributed by atoms with E-state index in [1.54, 1.807) is 0 Å². The number of carbonyl (C=O) groups excluding carboxylic acids is 1. The van der Waals surface area contributed by atoms with E-state index in [0.29, 0.717) is 0 Å². The Balaban J connectivity index is 2.98. The largest absolute Gasteiger partial charge is 0.480 e. The van der Waals surface area contributed by atoms with Crippen LogP contribution < -0.4 is 10.6 Å². The molecule has 1 heterocycles. The highest BCUT2D eigenvalue weighted by Crippen LogP contribution is 2.20. The van der Waals surface area contributed by atoms with Gasteiger partial charge in [0, 0.05) is 6.92 Å². The number of hydrogen-bond acceptors (Lipinski definition) is 8. The van der Waals surface area contributed by atoms with Crippen LogP contribution in [-0.2, 0) is 14.3 Å². The van der Waals surface area contributed by atoms with Gasteiger partial charge in [-0.1, -0.05) is 0 Å². The van der Waals surface area contributed by atoms with E-state index in [1.807, 2.05) is 0 Å². The van der Waals surface area contributed by atoms with Gasteiger partial charge in [0.05, 0.1) is 18.8 Å². The lowest BCUT2D eigenvalue weighted by Gasteiger charge is -2.43. The third kappa shape index (κ3) is 4.35. The van der Waals surface area contributed by atoms with Crippen molar-refractivity contribution in [1.29, 1.82) is 0 Å². The van der Waals surface area contributed by atoms with Crippen molar-refractivity contribution >= 4 is 11.9 Å². The van der Waals surface area contributed by atoms with E-state index in [1.165, 1.54) is 13.8 Å². The average Bonchev–Trinajstić information content (AvgIpc) is 2.41. The molecule has 0 bridgehead atoms. The van der Waals surface area contributed by atoms with E-state index in [9.17, 15) is 24.9 Å². The summed E-state index contributed by atoms with van der Waals surface area (Å²) in [5.41, 5.74) is 0. The molecule has 1 aliphatic rings. The summed E-state index contributed by atoms with van der Waals surface area (Å²) in [6.07, 6.45) is -6.63. The van der Waals surface area contributed by atoms with Gasteiger partial charge in [-0.2, -0.15) is 0 Å². The van der Waals surface area contributed by atoms with Crippen LogP contribution >= 0.6 is 0 Å². The first kappa shape index (κ1) is 18.7. The summed E-state index contributed by atoms with van der Waals surface area (Å²) in [6.45, 7) is 1.81. The molecular weight excluding hydrogens is 300 g/mol. The van der Waals surface area contributed by atoms with Gasteiger partial charge < -0.3 is 35.6 Å². The molecule has 128 valence electrons. The minimum atomic E-state index is -1.49. The molecule has 10 heteroatoms. The van der Waals surface area contributed by atoms with Crippen LogP contribution in [0.15, 0.2) is 0 Å². The minimum Gasteiger partial charge on any atom is -0.480 e. The summed E-state index contributed by atoms with van der Waals surface area (Å²) in [4.78, 5) is 22.3. The predicted octanol–water partition coefficient (Wildman–Crippen LogP) is -3.65. The molecule has 0 aromatic carbocycles. The van der Waals surface area contributed by atoms with Crippen molar-refractivity contribution in [3.05, 3.63) is 0 Å². The van der Waals surface area contributed by atoms with Gasteiger partial charge in [0.2, 0.25) is 5.91 Å². The first-order chi connectivity index (χ1) is 10.2. The lowest BCUT2D eigenvalue weighted by atomic mass is 9.95. The Morgan fingerprint density at radius 2 is 1.86 bits per heavy atom. The molecule has 0 aromatic rings. The first-order valence-electron chi connectivity index (χ1n) is 6.75. The highest BCUT2D eigenvalue weighted by Gasteiger charge is 2.46. The second-order valence-electron chi connectivity index (χ2n) is 5.21. The van der Waals surface area contributed by atoms with Gasteiger partial charge >= 0.3 is 5.97 Å². The third-order valence-corrected chi connectivity index (χ3v) is 3.39. The molecule has 7 N–H and O–H groups in total. The van der Waals surface area contributed by atoms with Crippen LogP contribution in [0, 0.1) is 0 Å². The number of amides is 1. The Hall–Kier alpha value is -1.30. The van der Waals surface area contributed by atoms with Crippen molar-refractivity contribution in [2.24, 2.45) is 0 Å². The Morgan fingerprint density at radius 3 is 2.27 bits per heavy atom. The maximum Gasteiger partial charge on any atom is 0.323 e. The molecule has 0 radical (unpaired) electrons. The number of aliphatic hydroxyl groups is 4. The van der Waals surface area contributed by atoms with Crippen molar-refractivity contribution in [1.82, 2.24) is 10.6 Å². The average molecular weight is 322 g/mol. The summed E-state index contributed by atoms with van der Waals surface area (Å²) >= 11 is 0. The number of aliphatic carboxylic acids is 1. The topological polar surface area (TPSA) is 169 Å². The monoisotopic (exact) mass is 322 g/mol. The molecule has 22 heavy (non-hydrogen) atoms. The SMILES string of the molecule is CC(=O)N[C@@H]1C(N[C@H](C(=O)O)[C@@H](C)O)O[C@@H](CO)[C@H](O)[C@H]1O. The van der Waals surface area contributed by atoms with Gasteiger partial charge in [-0.15, -0.1) is 0 Å². The molecule has 7 atom stereocenters. The van der Waals surface area contributed by atoms with Crippen LogP contribution in [0.4, 0.5) is 0 Å². The number of rotatable bonds is 6. The van der Waals surface area contributed by atoms with Crippen molar-refractivity contribution < 1.29 is 39.9 Å². The fourth-order valence-electron chi connectivity index (χ4n) is 2.25. The van der Waals surface area contributed by atoms with Crippen LogP contribution in [0.1, 0.15) is 13.8 Å². The number of hydrogen-bond donors (Lipinski definition) is 7. The predicted molar refractivity (Wildman–Crippen MR) is 71.6 cm³/mol. The van der Waals surface area contributed by atoms with Crippen LogP contribution in [-0.4, -0.2) is 86.7 Å².